The van der Waals surface area contributed by atoms with Crippen molar-refractivity contribution in [3.8, 4) is 0 Å². The highest BCUT2D eigenvalue weighted by molar-refractivity contribution is 9.09. The van der Waals surface area contributed by atoms with E-state index in [1.807, 2.05) is 35.2 Å². The predicted octanol–water partition coefficient (Wildman–Crippen LogP) is 4.09. The molecule has 0 aliphatic carbocycles. The molecule has 1 amide bonds. The van der Waals surface area contributed by atoms with Gasteiger partial charge in [-0.3, -0.25) is 4.79 Å². The van der Waals surface area contributed by atoms with Crippen LogP contribution in [0.2, 0.25) is 0 Å². The van der Waals surface area contributed by atoms with Gasteiger partial charge in [-0.2, -0.15) is 0 Å². The Hall–Kier alpha value is -1.35. The monoisotopic (exact) mass is 331 g/mol. The van der Waals surface area contributed by atoms with Gasteiger partial charge in [-0.25, -0.2) is 0 Å². The Bertz CT molecular complexity index is 634. The molecule has 104 valence electrons. The summed E-state index contributed by atoms with van der Waals surface area (Å²) in [5.74, 6) is 0.782. The maximum atomic E-state index is 12.8. The second-order valence-electron chi connectivity index (χ2n) is 5.56. The summed E-state index contributed by atoms with van der Waals surface area (Å²) < 4.78 is 0. The molecule has 2 unspecified atom stereocenters. The lowest BCUT2D eigenvalue weighted by Crippen LogP contribution is -2.43. The average molecular weight is 332 g/mol. The predicted molar refractivity (Wildman–Crippen MR) is 86.3 cm³/mol. The van der Waals surface area contributed by atoms with E-state index >= 15 is 0 Å². The van der Waals surface area contributed by atoms with Gasteiger partial charge in [0.1, 0.15) is 0 Å². The molecule has 0 spiro atoms. The standard InChI is InChI=1S/C17H18BrNO/c1-12-9-10-19(11-16(12)18)17(20)15-8-4-6-13-5-2-3-7-14(13)15/h2-8,12,16H,9-11H2,1H3. The summed E-state index contributed by atoms with van der Waals surface area (Å²) in [7, 11) is 0. The molecule has 0 bridgehead atoms. The molecule has 0 N–H and O–H groups in total. The molecule has 0 radical (unpaired) electrons. The van der Waals surface area contributed by atoms with Crippen LogP contribution in [0.1, 0.15) is 23.7 Å². The summed E-state index contributed by atoms with van der Waals surface area (Å²) in [6.07, 6.45) is 1.06. The summed E-state index contributed by atoms with van der Waals surface area (Å²) in [6, 6.07) is 14.0. The Labute approximate surface area is 127 Å². The van der Waals surface area contributed by atoms with Gasteiger partial charge in [0, 0.05) is 23.5 Å². The third-order valence-electron chi connectivity index (χ3n) is 4.17. The minimum absolute atomic E-state index is 0.151. The van der Waals surface area contributed by atoms with Gasteiger partial charge in [-0.05, 0) is 29.2 Å². The molecule has 2 aromatic carbocycles. The topological polar surface area (TPSA) is 20.3 Å². The van der Waals surface area contributed by atoms with Crippen LogP contribution in [0.3, 0.4) is 0 Å². The maximum Gasteiger partial charge on any atom is 0.254 e. The molecule has 1 fully saturated rings. The fourth-order valence-corrected chi connectivity index (χ4v) is 3.40. The number of nitrogens with zero attached hydrogens (tertiary/aromatic N) is 1. The van der Waals surface area contributed by atoms with Crippen LogP contribution >= 0.6 is 15.9 Å². The zero-order chi connectivity index (χ0) is 14.1. The molecule has 1 saturated heterocycles. The second kappa shape index (κ2) is 5.57. The van der Waals surface area contributed by atoms with Crippen LogP contribution in [-0.4, -0.2) is 28.7 Å². The molecule has 3 rings (SSSR count). The number of amides is 1. The summed E-state index contributed by atoms with van der Waals surface area (Å²) in [6.45, 7) is 3.88. The van der Waals surface area contributed by atoms with Crippen LogP contribution in [0, 0.1) is 5.92 Å². The summed E-state index contributed by atoms with van der Waals surface area (Å²) in [4.78, 5) is 15.1. The molecule has 2 aromatic rings. The van der Waals surface area contributed by atoms with Gasteiger partial charge in [-0.15, -0.1) is 0 Å². The first-order valence-electron chi connectivity index (χ1n) is 7.08. The largest absolute Gasteiger partial charge is 0.337 e. The molecule has 2 atom stereocenters. The zero-order valence-corrected chi connectivity index (χ0v) is 13.1. The quantitative estimate of drug-likeness (QED) is 0.721. The molecule has 20 heavy (non-hydrogen) atoms. The highest BCUT2D eigenvalue weighted by Crippen LogP contribution is 2.26. The molecule has 0 aromatic heterocycles. The lowest BCUT2D eigenvalue weighted by molar-refractivity contribution is 0.0708. The molecule has 1 aliphatic heterocycles. The van der Waals surface area contributed by atoms with E-state index in [2.05, 4.69) is 35.0 Å². The number of alkyl halides is 1. The van der Waals surface area contributed by atoms with E-state index in [-0.39, 0.29) is 5.91 Å². The van der Waals surface area contributed by atoms with Gasteiger partial charge in [0.2, 0.25) is 0 Å². The smallest absolute Gasteiger partial charge is 0.254 e. The number of fused-ring (bicyclic) bond motifs is 1. The fourth-order valence-electron chi connectivity index (χ4n) is 2.79. The summed E-state index contributed by atoms with van der Waals surface area (Å²) in [5.41, 5.74) is 0.817. The number of halogens is 1. The number of carbonyl (C=O) groups excluding carboxylic acids is 1. The molecular formula is C17H18BrNO. The van der Waals surface area contributed by atoms with Crippen molar-refractivity contribution in [3.63, 3.8) is 0 Å². The van der Waals surface area contributed by atoms with E-state index < -0.39 is 0 Å². The number of piperidine rings is 1. The zero-order valence-electron chi connectivity index (χ0n) is 11.6. The molecule has 2 nitrogen and oxygen atoms in total. The van der Waals surface area contributed by atoms with E-state index in [0.29, 0.717) is 10.7 Å². The number of carbonyl (C=O) groups is 1. The van der Waals surface area contributed by atoms with Crippen molar-refractivity contribution < 1.29 is 4.79 Å². The number of likely N-dealkylation sites (tertiary alicyclic amines) is 1. The van der Waals surface area contributed by atoms with E-state index in [4.69, 9.17) is 0 Å². The number of hydrogen-bond acceptors (Lipinski definition) is 1. The van der Waals surface area contributed by atoms with Crippen molar-refractivity contribution in [1.29, 1.82) is 0 Å². The van der Waals surface area contributed by atoms with Crippen molar-refractivity contribution in [2.45, 2.75) is 18.2 Å². The minimum Gasteiger partial charge on any atom is -0.337 e. The number of benzene rings is 2. The van der Waals surface area contributed by atoms with Gasteiger partial charge in [-0.1, -0.05) is 59.3 Å². The van der Waals surface area contributed by atoms with Gasteiger partial charge in [0.15, 0.2) is 0 Å². The first kappa shape index (κ1) is 13.6. The van der Waals surface area contributed by atoms with Crippen molar-refractivity contribution in [2.24, 2.45) is 5.92 Å². The maximum absolute atomic E-state index is 12.8. The molecule has 1 heterocycles. The van der Waals surface area contributed by atoms with Crippen LogP contribution in [-0.2, 0) is 0 Å². The third-order valence-corrected chi connectivity index (χ3v) is 5.37. The number of hydrogen-bond donors (Lipinski definition) is 0. The van der Waals surface area contributed by atoms with Crippen molar-refractivity contribution in [2.75, 3.05) is 13.1 Å². The first-order chi connectivity index (χ1) is 9.66. The Morgan fingerprint density at radius 1 is 1.20 bits per heavy atom. The Kier molecular flexibility index (Phi) is 3.79. The van der Waals surface area contributed by atoms with Crippen LogP contribution < -0.4 is 0 Å². The van der Waals surface area contributed by atoms with Gasteiger partial charge in [0.05, 0.1) is 0 Å². The van der Waals surface area contributed by atoms with E-state index in [0.717, 1.165) is 35.8 Å². The minimum atomic E-state index is 0.151. The molecule has 1 aliphatic rings. The fraction of sp³-hybridized carbons (Fsp3) is 0.353. The van der Waals surface area contributed by atoms with Gasteiger partial charge in [0.25, 0.3) is 5.91 Å². The van der Waals surface area contributed by atoms with E-state index in [9.17, 15) is 4.79 Å². The normalized spacial score (nSPS) is 23.0. The summed E-state index contributed by atoms with van der Waals surface area (Å²) in [5, 5.41) is 2.17. The summed E-state index contributed by atoms with van der Waals surface area (Å²) >= 11 is 3.69. The van der Waals surface area contributed by atoms with E-state index in [1.54, 1.807) is 0 Å². The number of rotatable bonds is 1. The third kappa shape index (κ3) is 2.47. The highest BCUT2D eigenvalue weighted by atomic mass is 79.9. The van der Waals surface area contributed by atoms with Gasteiger partial charge < -0.3 is 4.90 Å². The van der Waals surface area contributed by atoms with Crippen molar-refractivity contribution in [3.05, 3.63) is 48.0 Å². The Morgan fingerprint density at radius 3 is 2.75 bits per heavy atom. The lowest BCUT2D eigenvalue weighted by Gasteiger charge is -2.34. The Balaban J connectivity index is 1.93. The molecular weight excluding hydrogens is 314 g/mol. The lowest BCUT2D eigenvalue weighted by atomic mass is 9.97. The first-order valence-corrected chi connectivity index (χ1v) is 7.99. The molecule has 0 saturated carbocycles. The highest BCUT2D eigenvalue weighted by Gasteiger charge is 2.28. The SMILES string of the molecule is CC1CCN(C(=O)c2cccc3ccccc23)CC1Br. The van der Waals surface area contributed by atoms with Crippen LogP contribution in [0.15, 0.2) is 42.5 Å². The van der Waals surface area contributed by atoms with Crippen molar-refractivity contribution in [1.82, 2.24) is 4.90 Å². The molecule has 3 heteroatoms. The van der Waals surface area contributed by atoms with E-state index in [1.165, 1.54) is 0 Å². The van der Waals surface area contributed by atoms with Crippen LogP contribution in [0.4, 0.5) is 0 Å². The van der Waals surface area contributed by atoms with Crippen molar-refractivity contribution >= 4 is 32.6 Å². The van der Waals surface area contributed by atoms with Crippen LogP contribution in [0.5, 0.6) is 0 Å². The van der Waals surface area contributed by atoms with Crippen LogP contribution in [0.25, 0.3) is 10.8 Å². The Morgan fingerprint density at radius 2 is 1.95 bits per heavy atom. The average Bonchev–Trinajstić information content (AvgIpc) is 2.49. The second-order valence-corrected chi connectivity index (χ2v) is 6.74. The van der Waals surface area contributed by atoms with Gasteiger partial charge >= 0.3 is 0 Å².